The molecule has 0 bridgehead atoms. The number of rotatable bonds is 17. The molecular weight excluding hydrogens is 344 g/mol. The van der Waals surface area contributed by atoms with Crippen molar-refractivity contribution in [1.82, 2.24) is 0 Å². The molecule has 0 fully saturated rings. The highest BCUT2D eigenvalue weighted by molar-refractivity contribution is 4.60. The molecule has 158 valence electrons. The van der Waals surface area contributed by atoms with Gasteiger partial charge in [-0.1, -0.05) is 0 Å². The van der Waals surface area contributed by atoms with E-state index >= 15 is 0 Å². The van der Waals surface area contributed by atoms with E-state index in [2.05, 4.69) is 0 Å². The van der Waals surface area contributed by atoms with Crippen molar-refractivity contribution in [2.75, 3.05) is 46.2 Å². The van der Waals surface area contributed by atoms with Crippen LogP contribution in [-0.2, 0) is 23.7 Å². The molecule has 0 rings (SSSR count). The number of hydrogen-bond donors (Lipinski definition) is 3. The van der Waals surface area contributed by atoms with Crippen LogP contribution in [0.3, 0.4) is 0 Å². The van der Waals surface area contributed by atoms with Gasteiger partial charge in [0, 0.05) is 0 Å². The van der Waals surface area contributed by atoms with Crippen LogP contribution in [-0.4, -0.2) is 98.2 Å². The second-order valence-electron chi connectivity index (χ2n) is 6.81. The SMILES string of the molecule is CC(O)COC(C)COCC(COCC(C)OC(C)CO)OCC(C)O. The first-order chi connectivity index (χ1) is 12.2. The van der Waals surface area contributed by atoms with Crippen molar-refractivity contribution in [3.8, 4) is 0 Å². The Morgan fingerprint density at radius 1 is 0.615 bits per heavy atom. The summed E-state index contributed by atoms with van der Waals surface area (Å²) in [6.45, 7) is 10.6. The zero-order chi connectivity index (χ0) is 19.9. The summed E-state index contributed by atoms with van der Waals surface area (Å²) in [5.74, 6) is 0. The molecule has 6 atom stereocenters. The second-order valence-corrected chi connectivity index (χ2v) is 6.81. The molecule has 8 nitrogen and oxygen atoms in total. The normalized spacial score (nSPS) is 18.9. The molecule has 0 aliphatic heterocycles. The molecule has 0 aromatic rings. The van der Waals surface area contributed by atoms with Crippen molar-refractivity contribution >= 4 is 0 Å². The summed E-state index contributed by atoms with van der Waals surface area (Å²) < 4.78 is 27.8. The first-order valence-electron chi connectivity index (χ1n) is 9.25. The molecule has 0 heterocycles. The predicted octanol–water partition coefficient (Wildman–Crippen LogP) is 0.357. The lowest BCUT2D eigenvalue weighted by Gasteiger charge is -2.22. The van der Waals surface area contributed by atoms with Crippen LogP contribution in [0.2, 0.25) is 0 Å². The van der Waals surface area contributed by atoms with Gasteiger partial charge in [0.05, 0.1) is 76.8 Å². The first-order valence-corrected chi connectivity index (χ1v) is 9.25. The van der Waals surface area contributed by atoms with Crippen molar-refractivity contribution in [3.63, 3.8) is 0 Å². The largest absolute Gasteiger partial charge is 0.394 e. The maximum absolute atomic E-state index is 9.38. The molecule has 0 amide bonds. The van der Waals surface area contributed by atoms with Crippen molar-refractivity contribution < 1.29 is 39.0 Å². The molecule has 0 radical (unpaired) electrons. The van der Waals surface area contributed by atoms with Crippen molar-refractivity contribution in [2.24, 2.45) is 0 Å². The summed E-state index contributed by atoms with van der Waals surface area (Å²) in [5, 5.41) is 27.6. The van der Waals surface area contributed by atoms with E-state index in [4.69, 9.17) is 28.8 Å². The Morgan fingerprint density at radius 2 is 1.12 bits per heavy atom. The minimum absolute atomic E-state index is 0.0341. The van der Waals surface area contributed by atoms with Gasteiger partial charge in [-0.3, -0.25) is 0 Å². The molecule has 0 aliphatic rings. The number of hydrogen-bond acceptors (Lipinski definition) is 8. The third-order valence-corrected chi connectivity index (χ3v) is 3.23. The van der Waals surface area contributed by atoms with Crippen LogP contribution in [0.15, 0.2) is 0 Å². The predicted molar refractivity (Wildman–Crippen MR) is 97.2 cm³/mol. The van der Waals surface area contributed by atoms with E-state index in [0.717, 1.165) is 0 Å². The molecule has 0 aliphatic carbocycles. The van der Waals surface area contributed by atoms with Gasteiger partial charge in [0.1, 0.15) is 6.10 Å². The summed E-state index contributed by atoms with van der Waals surface area (Å²) in [6.07, 6.45) is -1.93. The Kier molecular flexibility index (Phi) is 15.5. The zero-order valence-corrected chi connectivity index (χ0v) is 16.8. The van der Waals surface area contributed by atoms with E-state index in [-0.39, 0.29) is 44.2 Å². The quantitative estimate of drug-likeness (QED) is 0.331. The van der Waals surface area contributed by atoms with Crippen LogP contribution in [0.25, 0.3) is 0 Å². The summed E-state index contributed by atoms with van der Waals surface area (Å²) in [5.41, 5.74) is 0. The van der Waals surface area contributed by atoms with Gasteiger partial charge in [0.25, 0.3) is 0 Å². The molecule has 8 heteroatoms. The summed E-state index contributed by atoms with van der Waals surface area (Å²) in [4.78, 5) is 0. The highest BCUT2D eigenvalue weighted by atomic mass is 16.6. The standard InChI is InChI=1S/C18H38O8/c1-13(20)7-24-16(4)9-22-11-18(25-8-14(2)21)12-23-10-17(5)26-15(3)6-19/h13-21H,6-12H2,1-5H3. The van der Waals surface area contributed by atoms with Gasteiger partial charge < -0.3 is 39.0 Å². The van der Waals surface area contributed by atoms with Crippen LogP contribution in [0.5, 0.6) is 0 Å². The Balaban J connectivity index is 4.10. The lowest BCUT2D eigenvalue weighted by atomic mass is 10.3. The van der Waals surface area contributed by atoms with Crippen molar-refractivity contribution in [3.05, 3.63) is 0 Å². The maximum atomic E-state index is 9.38. The van der Waals surface area contributed by atoms with Gasteiger partial charge in [-0.05, 0) is 34.6 Å². The van der Waals surface area contributed by atoms with Crippen molar-refractivity contribution in [1.29, 1.82) is 0 Å². The molecule has 3 N–H and O–H groups in total. The molecule has 0 aromatic carbocycles. The second kappa shape index (κ2) is 15.7. The average Bonchev–Trinajstić information content (AvgIpc) is 2.56. The molecule has 0 saturated carbocycles. The molecular formula is C18H38O8. The molecule has 0 aromatic heterocycles. The first kappa shape index (κ1) is 25.7. The minimum Gasteiger partial charge on any atom is -0.394 e. The Labute approximate surface area is 157 Å². The monoisotopic (exact) mass is 382 g/mol. The smallest absolute Gasteiger partial charge is 0.104 e. The average molecular weight is 382 g/mol. The van der Waals surface area contributed by atoms with Crippen LogP contribution in [0.1, 0.15) is 34.6 Å². The number of ether oxygens (including phenoxy) is 5. The van der Waals surface area contributed by atoms with Crippen LogP contribution < -0.4 is 0 Å². The molecule has 0 saturated heterocycles. The summed E-state index contributed by atoms with van der Waals surface area (Å²) in [6, 6.07) is 0. The minimum atomic E-state index is -0.571. The fourth-order valence-electron chi connectivity index (χ4n) is 1.98. The maximum Gasteiger partial charge on any atom is 0.104 e. The van der Waals surface area contributed by atoms with E-state index in [9.17, 15) is 10.2 Å². The number of aliphatic hydroxyl groups is 3. The van der Waals surface area contributed by atoms with Crippen LogP contribution in [0.4, 0.5) is 0 Å². The fraction of sp³-hybridized carbons (Fsp3) is 1.00. The van der Waals surface area contributed by atoms with Crippen LogP contribution in [0, 0.1) is 0 Å². The fourth-order valence-corrected chi connectivity index (χ4v) is 1.98. The lowest BCUT2D eigenvalue weighted by molar-refractivity contribution is -0.110. The lowest BCUT2D eigenvalue weighted by Crippen LogP contribution is -2.32. The molecule has 0 spiro atoms. The summed E-state index contributed by atoms with van der Waals surface area (Å²) in [7, 11) is 0. The van der Waals surface area contributed by atoms with Gasteiger partial charge in [-0.25, -0.2) is 0 Å². The van der Waals surface area contributed by atoms with Gasteiger partial charge in [-0.2, -0.15) is 0 Å². The van der Waals surface area contributed by atoms with Gasteiger partial charge in [0.2, 0.25) is 0 Å². The van der Waals surface area contributed by atoms with E-state index < -0.39 is 12.2 Å². The Hall–Kier alpha value is -0.320. The highest BCUT2D eigenvalue weighted by Gasteiger charge is 2.15. The van der Waals surface area contributed by atoms with E-state index in [0.29, 0.717) is 26.4 Å². The Morgan fingerprint density at radius 3 is 1.62 bits per heavy atom. The molecule has 26 heavy (non-hydrogen) atoms. The van der Waals surface area contributed by atoms with E-state index in [1.807, 2.05) is 13.8 Å². The third kappa shape index (κ3) is 15.9. The van der Waals surface area contributed by atoms with E-state index in [1.54, 1.807) is 20.8 Å². The van der Waals surface area contributed by atoms with Crippen molar-refractivity contribution in [2.45, 2.75) is 71.2 Å². The van der Waals surface area contributed by atoms with Gasteiger partial charge in [0.15, 0.2) is 0 Å². The summed E-state index contributed by atoms with van der Waals surface area (Å²) >= 11 is 0. The zero-order valence-electron chi connectivity index (χ0n) is 16.8. The van der Waals surface area contributed by atoms with Gasteiger partial charge in [-0.15, -0.1) is 0 Å². The molecule has 6 unspecified atom stereocenters. The topological polar surface area (TPSA) is 107 Å². The highest BCUT2D eigenvalue weighted by Crippen LogP contribution is 2.03. The Bertz CT molecular complexity index is 314. The third-order valence-electron chi connectivity index (χ3n) is 3.23. The van der Waals surface area contributed by atoms with Gasteiger partial charge >= 0.3 is 0 Å². The van der Waals surface area contributed by atoms with Crippen LogP contribution >= 0.6 is 0 Å². The van der Waals surface area contributed by atoms with E-state index in [1.165, 1.54) is 0 Å². The number of aliphatic hydroxyl groups excluding tert-OH is 3.